The number of nitrogens with zero attached hydrogens (tertiary/aromatic N) is 1. The fraction of sp³-hybridized carbons (Fsp3) is 0.545. The van der Waals surface area contributed by atoms with Gasteiger partial charge >= 0.3 is 0 Å². The van der Waals surface area contributed by atoms with Crippen LogP contribution in [0, 0.1) is 12.8 Å². The molecule has 0 aliphatic carbocycles. The highest BCUT2D eigenvalue weighted by atomic mass is 79.9. The van der Waals surface area contributed by atoms with Crippen molar-refractivity contribution in [2.24, 2.45) is 5.92 Å². The molecule has 1 unspecified atom stereocenters. The number of halogens is 1. The van der Waals surface area contributed by atoms with Gasteiger partial charge in [0.15, 0.2) is 0 Å². The number of pyridine rings is 1. The molecular formula is C11H17BrN2. The van der Waals surface area contributed by atoms with Crippen molar-refractivity contribution in [3.8, 4) is 0 Å². The zero-order valence-electron chi connectivity index (χ0n) is 8.97. The SMILES string of the molecule is CCC(C)CNc1cc(C)c(Br)cn1. The van der Waals surface area contributed by atoms with E-state index < -0.39 is 0 Å². The highest BCUT2D eigenvalue weighted by molar-refractivity contribution is 9.10. The molecule has 0 saturated carbocycles. The zero-order valence-corrected chi connectivity index (χ0v) is 10.6. The van der Waals surface area contributed by atoms with Crippen molar-refractivity contribution in [3.63, 3.8) is 0 Å². The maximum absolute atomic E-state index is 4.29. The molecule has 1 atom stereocenters. The molecule has 0 spiro atoms. The number of nitrogens with one attached hydrogen (secondary N) is 1. The van der Waals surface area contributed by atoms with E-state index in [-0.39, 0.29) is 0 Å². The van der Waals surface area contributed by atoms with Crippen LogP contribution in [0.3, 0.4) is 0 Å². The van der Waals surface area contributed by atoms with E-state index in [2.05, 4.69) is 53.1 Å². The Morgan fingerprint density at radius 1 is 1.57 bits per heavy atom. The fourth-order valence-electron chi connectivity index (χ4n) is 1.06. The number of hydrogen-bond acceptors (Lipinski definition) is 2. The zero-order chi connectivity index (χ0) is 10.6. The lowest BCUT2D eigenvalue weighted by atomic mass is 10.1. The summed E-state index contributed by atoms with van der Waals surface area (Å²) < 4.78 is 1.06. The van der Waals surface area contributed by atoms with E-state index in [9.17, 15) is 0 Å². The van der Waals surface area contributed by atoms with Crippen LogP contribution in [0.25, 0.3) is 0 Å². The Kier molecular flexibility index (Phi) is 4.39. The molecule has 0 aliphatic heterocycles. The summed E-state index contributed by atoms with van der Waals surface area (Å²) in [7, 11) is 0. The second-order valence-corrected chi connectivity index (χ2v) is 4.57. The molecule has 0 radical (unpaired) electrons. The summed E-state index contributed by atoms with van der Waals surface area (Å²) in [5, 5.41) is 3.33. The fourth-order valence-corrected chi connectivity index (χ4v) is 1.28. The minimum absolute atomic E-state index is 0.695. The summed E-state index contributed by atoms with van der Waals surface area (Å²) in [6.07, 6.45) is 3.04. The second-order valence-electron chi connectivity index (χ2n) is 3.71. The highest BCUT2D eigenvalue weighted by Gasteiger charge is 2.01. The van der Waals surface area contributed by atoms with E-state index in [0.29, 0.717) is 5.92 Å². The van der Waals surface area contributed by atoms with Crippen molar-refractivity contribution >= 4 is 21.7 Å². The Morgan fingerprint density at radius 3 is 2.86 bits per heavy atom. The van der Waals surface area contributed by atoms with E-state index >= 15 is 0 Å². The molecule has 0 amide bonds. The molecule has 78 valence electrons. The van der Waals surface area contributed by atoms with E-state index in [0.717, 1.165) is 16.8 Å². The number of aryl methyl sites for hydroxylation is 1. The first kappa shape index (κ1) is 11.5. The van der Waals surface area contributed by atoms with Crippen LogP contribution < -0.4 is 5.32 Å². The van der Waals surface area contributed by atoms with Gasteiger partial charge in [0.2, 0.25) is 0 Å². The molecule has 1 aromatic heterocycles. The first-order valence-corrected chi connectivity index (χ1v) is 5.78. The minimum atomic E-state index is 0.695. The monoisotopic (exact) mass is 256 g/mol. The van der Waals surface area contributed by atoms with Crippen LogP contribution in [0.1, 0.15) is 25.8 Å². The van der Waals surface area contributed by atoms with Gasteiger partial charge in [0.05, 0.1) is 0 Å². The third kappa shape index (κ3) is 3.29. The van der Waals surface area contributed by atoms with Gasteiger partial charge in [-0.3, -0.25) is 0 Å². The minimum Gasteiger partial charge on any atom is -0.370 e. The smallest absolute Gasteiger partial charge is 0.126 e. The van der Waals surface area contributed by atoms with Gasteiger partial charge in [-0.15, -0.1) is 0 Å². The number of hydrogen-bond donors (Lipinski definition) is 1. The summed E-state index contributed by atoms with van der Waals surface area (Å²) >= 11 is 3.43. The highest BCUT2D eigenvalue weighted by Crippen LogP contribution is 2.17. The van der Waals surface area contributed by atoms with Crippen LogP contribution in [0.15, 0.2) is 16.7 Å². The largest absolute Gasteiger partial charge is 0.370 e. The van der Waals surface area contributed by atoms with E-state index in [1.54, 1.807) is 0 Å². The Labute approximate surface area is 94.3 Å². The van der Waals surface area contributed by atoms with Gasteiger partial charge in [-0.05, 0) is 40.4 Å². The van der Waals surface area contributed by atoms with Crippen LogP contribution in [0.5, 0.6) is 0 Å². The molecule has 0 bridgehead atoms. The predicted molar refractivity (Wildman–Crippen MR) is 64.6 cm³/mol. The number of aromatic nitrogens is 1. The summed E-state index contributed by atoms with van der Waals surface area (Å²) in [5.41, 5.74) is 1.21. The lowest BCUT2D eigenvalue weighted by molar-refractivity contribution is 0.592. The van der Waals surface area contributed by atoms with Crippen LogP contribution in [-0.4, -0.2) is 11.5 Å². The number of rotatable bonds is 4. The average Bonchev–Trinajstić information content (AvgIpc) is 2.19. The topological polar surface area (TPSA) is 24.9 Å². The van der Waals surface area contributed by atoms with Gasteiger partial charge in [-0.25, -0.2) is 4.98 Å². The molecule has 1 rings (SSSR count). The van der Waals surface area contributed by atoms with Crippen molar-refractivity contribution in [1.29, 1.82) is 0 Å². The van der Waals surface area contributed by atoms with Gasteiger partial charge in [0.25, 0.3) is 0 Å². The Morgan fingerprint density at radius 2 is 2.29 bits per heavy atom. The van der Waals surface area contributed by atoms with Crippen LogP contribution in [0.2, 0.25) is 0 Å². The number of anilines is 1. The molecule has 2 nitrogen and oxygen atoms in total. The standard InChI is InChI=1S/C11H17BrN2/c1-4-8(2)6-13-11-5-9(3)10(12)7-14-11/h5,7-8H,4,6H2,1-3H3,(H,13,14). The van der Waals surface area contributed by atoms with Crippen LogP contribution in [0.4, 0.5) is 5.82 Å². The van der Waals surface area contributed by atoms with E-state index in [4.69, 9.17) is 0 Å². The second kappa shape index (κ2) is 5.35. The van der Waals surface area contributed by atoms with E-state index in [1.807, 2.05) is 6.20 Å². The Bertz CT molecular complexity index is 299. The summed E-state index contributed by atoms with van der Waals surface area (Å²) in [6.45, 7) is 7.50. The first-order chi connectivity index (χ1) is 6.63. The van der Waals surface area contributed by atoms with Crippen molar-refractivity contribution in [2.45, 2.75) is 27.2 Å². The van der Waals surface area contributed by atoms with Gasteiger partial charge in [-0.1, -0.05) is 20.3 Å². The lowest BCUT2D eigenvalue weighted by Crippen LogP contribution is -2.11. The summed E-state index contributed by atoms with van der Waals surface area (Å²) in [5.74, 6) is 1.66. The van der Waals surface area contributed by atoms with Crippen LogP contribution >= 0.6 is 15.9 Å². The molecule has 1 aromatic rings. The molecule has 14 heavy (non-hydrogen) atoms. The first-order valence-electron chi connectivity index (χ1n) is 4.99. The molecule has 0 aliphatic rings. The van der Waals surface area contributed by atoms with Crippen molar-refractivity contribution in [1.82, 2.24) is 4.98 Å². The molecule has 1 N–H and O–H groups in total. The van der Waals surface area contributed by atoms with E-state index in [1.165, 1.54) is 12.0 Å². The maximum atomic E-state index is 4.29. The van der Waals surface area contributed by atoms with Crippen molar-refractivity contribution in [3.05, 3.63) is 22.3 Å². The summed E-state index contributed by atoms with van der Waals surface area (Å²) in [4.78, 5) is 4.29. The third-order valence-electron chi connectivity index (χ3n) is 2.38. The average molecular weight is 257 g/mol. The van der Waals surface area contributed by atoms with Gasteiger partial charge in [0, 0.05) is 17.2 Å². The van der Waals surface area contributed by atoms with Gasteiger partial charge in [-0.2, -0.15) is 0 Å². The molecule has 0 saturated heterocycles. The van der Waals surface area contributed by atoms with Crippen molar-refractivity contribution in [2.75, 3.05) is 11.9 Å². The lowest BCUT2D eigenvalue weighted by Gasteiger charge is -2.11. The van der Waals surface area contributed by atoms with Gasteiger partial charge < -0.3 is 5.32 Å². The predicted octanol–water partition coefficient (Wildman–Crippen LogP) is 3.61. The quantitative estimate of drug-likeness (QED) is 0.891. The Hall–Kier alpha value is -0.570. The normalized spacial score (nSPS) is 12.6. The molecule has 1 heterocycles. The van der Waals surface area contributed by atoms with Crippen LogP contribution in [-0.2, 0) is 0 Å². The summed E-state index contributed by atoms with van der Waals surface area (Å²) in [6, 6.07) is 2.06. The molecule has 0 fully saturated rings. The molecule has 3 heteroatoms. The maximum Gasteiger partial charge on any atom is 0.126 e. The van der Waals surface area contributed by atoms with Crippen molar-refractivity contribution < 1.29 is 0 Å². The molecular weight excluding hydrogens is 240 g/mol. The Balaban J connectivity index is 2.55. The molecule has 0 aromatic carbocycles. The third-order valence-corrected chi connectivity index (χ3v) is 3.21. The van der Waals surface area contributed by atoms with Gasteiger partial charge in [0.1, 0.15) is 5.82 Å².